The van der Waals surface area contributed by atoms with E-state index < -0.39 is 0 Å². The van der Waals surface area contributed by atoms with Crippen LogP contribution in [0.3, 0.4) is 0 Å². The Balaban J connectivity index is 1.73. The van der Waals surface area contributed by atoms with Gasteiger partial charge in [-0.3, -0.25) is 4.79 Å². The van der Waals surface area contributed by atoms with E-state index in [2.05, 4.69) is 40.0 Å². The van der Waals surface area contributed by atoms with Crippen molar-refractivity contribution >= 4 is 34.2 Å². The molecule has 0 saturated heterocycles. The van der Waals surface area contributed by atoms with Crippen molar-refractivity contribution in [1.29, 1.82) is 0 Å². The lowest BCUT2D eigenvalue weighted by Crippen LogP contribution is -2.13. The van der Waals surface area contributed by atoms with Crippen molar-refractivity contribution in [2.45, 2.75) is 20.5 Å². The van der Waals surface area contributed by atoms with Crippen molar-refractivity contribution in [2.75, 3.05) is 19.0 Å². The SMILES string of the molecule is CCOc1ccc(NC(=O)c2cc(I)c(OCc3ccc(C)cc3)c(OC)c2)cc1. The maximum Gasteiger partial charge on any atom is 0.255 e. The Bertz CT molecular complexity index is 1000. The van der Waals surface area contributed by atoms with Crippen LogP contribution in [0.1, 0.15) is 28.4 Å². The molecule has 3 rings (SSSR count). The Morgan fingerprint density at radius 1 is 1.00 bits per heavy atom. The molecule has 0 atom stereocenters. The zero-order valence-corrected chi connectivity index (χ0v) is 19.4. The molecular formula is C24H24INO4. The highest BCUT2D eigenvalue weighted by atomic mass is 127. The summed E-state index contributed by atoms with van der Waals surface area (Å²) in [4.78, 5) is 12.7. The summed E-state index contributed by atoms with van der Waals surface area (Å²) in [5, 5.41) is 2.89. The van der Waals surface area contributed by atoms with E-state index >= 15 is 0 Å². The second-order valence-electron chi connectivity index (χ2n) is 6.68. The molecule has 0 aliphatic carbocycles. The number of nitrogens with one attached hydrogen (secondary N) is 1. The van der Waals surface area contributed by atoms with Gasteiger partial charge in [-0.1, -0.05) is 29.8 Å². The van der Waals surface area contributed by atoms with Crippen LogP contribution in [-0.2, 0) is 6.61 Å². The number of aryl methyl sites for hydroxylation is 1. The highest BCUT2D eigenvalue weighted by Gasteiger charge is 2.16. The van der Waals surface area contributed by atoms with Gasteiger partial charge in [-0.05, 0) is 78.4 Å². The molecule has 156 valence electrons. The first-order valence-corrected chi connectivity index (χ1v) is 10.7. The summed E-state index contributed by atoms with van der Waals surface area (Å²) in [6, 6.07) is 18.9. The van der Waals surface area contributed by atoms with E-state index in [4.69, 9.17) is 14.2 Å². The zero-order chi connectivity index (χ0) is 21.5. The molecule has 0 saturated carbocycles. The molecule has 1 amide bonds. The van der Waals surface area contributed by atoms with Crippen molar-refractivity contribution in [1.82, 2.24) is 0 Å². The Labute approximate surface area is 190 Å². The molecule has 6 heteroatoms. The first kappa shape index (κ1) is 22.0. The minimum absolute atomic E-state index is 0.222. The molecule has 30 heavy (non-hydrogen) atoms. The molecule has 3 aromatic rings. The Morgan fingerprint density at radius 3 is 2.33 bits per heavy atom. The lowest BCUT2D eigenvalue weighted by molar-refractivity contribution is 0.102. The van der Waals surface area contributed by atoms with Crippen LogP contribution < -0.4 is 19.5 Å². The third kappa shape index (κ3) is 5.66. The lowest BCUT2D eigenvalue weighted by Gasteiger charge is -2.15. The molecule has 3 aromatic carbocycles. The Kier molecular flexibility index (Phi) is 7.57. The monoisotopic (exact) mass is 517 g/mol. The van der Waals surface area contributed by atoms with Gasteiger partial charge in [0.1, 0.15) is 12.4 Å². The smallest absolute Gasteiger partial charge is 0.255 e. The topological polar surface area (TPSA) is 56.8 Å². The van der Waals surface area contributed by atoms with Gasteiger partial charge in [-0.25, -0.2) is 0 Å². The highest BCUT2D eigenvalue weighted by molar-refractivity contribution is 14.1. The average molecular weight is 517 g/mol. The molecule has 0 radical (unpaired) electrons. The number of carbonyl (C=O) groups excluding carboxylic acids is 1. The summed E-state index contributed by atoms with van der Waals surface area (Å²) < 4.78 is 17.7. The van der Waals surface area contributed by atoms with Gasteiger partial charge in [0, 0.05) is 11.3 Å². The van der Waals surface area contributed by atoms with Crippen molar-refractivity contribution in [3.63, 3.8) is 0 Å². The van der Waals surface area contributed by atoms with Crippen LogP contribution in [0.2, 0.25) is 0 Å². The molecule has 0 fully saturated rings. The number of hydrogen-bond acceptors (Lipinski definition) is 4. The van der Waals surface area contributed by atoms with E-state index in [0.717, 1.165) is 14.9 Å². The molecule has 0 spiro atoms. The van der Waals surface area contributed by atoms with E-state index in [9.17, 15) is 4.79 Å². The number of halogens is 1. The summed E-state index contributed by atoms with van der Waals surface area (Å²) >= 11 is 2.16. The molecule has 5 nitrogen and oxygen atoms in total. The number of carbonyl (C=O) groups is 1. The van der Waals surface area contributed by atoms with Gasteiger partial charge in [0.15, 0.2) is 11.5 Å². The molecule has 0 aliphatic heterocycles. The Morgan fingerprint density at radius 2 is 1.70 bits per heavy atom. The maximum absolute atomic E-state index is 12.7. The fourth-order valence-corrected chi connectivity index (χ4v) is 3.59. The molecule has 0 aliphatic rings. The van der Waals surface area contributed by atoms with Crippen molar-refractivity contribution in [3.05, 3.63) is 80.9 Å². The second-order valence-corrected chi connectivity index (χ2v) is 7.84. The fourth-order valence-electron chi connectivity index (χ4n) is 2.84. The van der Waals surface area contributed by atoms with Crippen LogP contribution in [0, 0.1) is 10.5 Å². The minimum Gasteiger partial charge on any atom is -0.494 e. The summed E-state index contributed by atoms with van der Waals surface area (Å²) in [5.41, 5.74) is 3.45. The molecule has 0 bridgehead atoms. The van der Waals surface area contributed by atoms with Gasteiger partial charge >= 0.3 is 0 Å². The third-order valence-corrected chi connectivity index (χ3v) is 5.22. The molecule has 0 unspecified atom stereocenters. The summed E-state index contributed by atoms with van der Waals surface area (Å²) in [5.74, 6) is 1.68. The van der Waals surface area contributed by atoms with E-state index in [1.54, 1.807) is 19.2 Å². The summed E-state index contributed by atoms with van der Waals surface area (Å²) in [6.45, 7) is 5.00. The normalized spacial score (nSPS) is 10.4. The number of methoxy groups -OCH3 is 1. The largest absolute Gasteiger partial charge is 0.494 e. The molecular weight excluding hydrogens is 493 g/mol. The number of rotatable bonds is 8. The maximum atomic E-state index is 12.7. The first-order chi connectivity index (χ1) is 14.5. The Hall–Kier alpha value is -2.74. The van der Waals surface area contributed by atoms with Gasteiger partial charge in [0.05, 0.1) is 17.3 Å². The van der Waals surface area contributed by atoms with Gasteiger partial charge in [-0.2, -0.15) is 0 Å². The average Bonchev–Trinajstić information content (AvgIpc) is 2.75. The second kappa shape index (κ2) is 10.3. The minimum atomic E-state index is -0.222. The van der Waals surface area contributed by atoms with Crippen LogP contribution >= 0.6 is 22.6 Å². The van der Waals surface area contributed by atoms with Crippen LogP contribution in [0.5, 0.6) is 17.2 Å². The predicted molar refractivity (Wildman–Crippen MR) is 127 cm³/mol. The van der Waals surface area contributed by atoms with Crippen molar-refractivity contribution < 1.29 is 19.0 Å². The quantitative estimate of drug-likeness (QED) is 0.382. The van der Waals surface area contributed by atoms with Gasteiger partial charge in [-0.15, -0.1) is 0 Å². The summed E-state index contributed by atoms with van der Waals surface area (Å²) in [7, 11) is 1.57. The first-order valence-electron chi connectivity index (χ1n) is 9.60. The highest BCUT2D eigenvalue weighted by Crippen LogP contribution is 2.35. The fraction of sp³-hybridized carbons (Fsp3) is 0.208. The van der Waals surface area contributed by atoms with E-state index in [1.807, 2.05) is 50.2 Å². The predicted octanol–water partition coefficient (Wildman–Crippen LogP) is 5.84. The van der Waals surface area contributed by atoms with E-state index in [1.165, 1.54) is 5.56 Å². The van der Waals surface area contributed by atoms with Gasteiger partial charge in [0.25, 0.3) is 5.91 Å². The van der Waals surface area contributed by atoms with Crippen molar-refractivity contribution in [2.24, 2.45) is 0 Å². The standard InChI is InChI=1S/C24H24INO4/c1-4-29-20-11-9-19(10-12-20)26-24(27)18-13-21(25)23(22(14-18)28-3)30-15-17-7-5-16(2)6-8-17/h5-14H,4,15H2,1-3H3,(H,26,27). The number of amides is 1. The van der Waals surface area contributed by atoms with Gasteiger partial charge in [0.2, 0.25) is 0 Å². The molecule has 0 heterocycles. The van der Waals surface area contributed by atoms with Crippen LogP contribution in [-0.4, -0.2) is 19.6 Å². The lowest BCUT2D eigenvalue weighted by atomic mass is 10.1. The number of anilines is 1. The van der Waals surface area contributed by atoms with Crippen molar-refractivity contribution in [3.8, 4) is 17.2 Å². The van der Waals surface area contributed by atoms with E-state index in [-0.39, 0.29) is 5.91 Å². The number of hydrogen-bond donors (Lipinski definition) is 1. The molecule has 0 aromatic heterocycles. The number of ether oxygens (including phenoxy) is 3. The van der Waals surface area contributed by atoms with Crippen LogP contribution in [0.4, 0.5) is 5.69 Å². The zero-order valence-electron chi connectivity index (χ0n) is 17.2. The van der Waals surface area contributed by atoms with Gasteiger partial charge < -0.3 is 19.5 Å². The third-order valence-electron chi connectivity index (χ3n) is 4.42. The van der Waals surface area contributed by atoms with E-state index in [0.29, 0.717) is 36.0 Å². The summed E-state index contributed by atoms with van der Waals surface area (Å²) in [6.07, 6.45) is 0. The van der Waals surface area contributed by atoms with Crippen LogP contribution in [0.25, 0.3) is 0 Å². The van der Waals surface area contributed by atoms with Crippen LogP contribution in [0.15, 0.2) is 60.7 Å². The molecule has 1 N–H and O–H groups in total. The number of benzene rings is 3.